The van der Waals surface area contributed by atoms with Crippen molar-refractivity contribution in [2.75, 3.05) is 6.61 Å². The lowest BCUT2D eigenvalue weighted by Gasteiger charge is -2.53. The second kappa shape index (κ2) is 11.7. The van der Waals surface area contributed by atoms with Crippen molar-refractivity contribution in [1.82, 2.24) is 4.90 Å². The quantitative estimate of drug-likeness (QED) is 0.231. The van der Waals surface area contributed by atoms with Gasteiger partial charge in [0.1, 0.15) is 0 Å². The number of benzene rings is 2. The first-order valence-corrected chi connectivity index (χ1v) is 17.5. The standard InChI is InChI=1S/C35H49NO2Si/c1-5-6-7-10-17-28-26-33(37)32-22-15-16-24-35(32)25-23-29(36(28)35)27-38-39(34(2,3)4,30-18-11-8-12-19-30)31-20-13-9-14-21-31/h8-9,11-14,18-21,26,29,32H,5-7,10,15-17,22-25,27H2,1-4H3/t29-,32+,35-/m1/s1. The van der Waals surface area contributed by atoms with E-state index >= 15 is 0 Å². The third-order valence-electron chi connectivity index (χ3n) is 9.91. The summed E-state index contributed by atoms with van der Waals surface area (Å²) >= 11 is 0. The molecule has 1 saturated carbocycles. The van der Waals surface area contributed by atoms with Crippen molar-refractivity contribution < 1.29 is 9.22 Å². The highest BCUT2D eigenvalue weighted by atomic mass is 28.4. The molecule has 0 N–H and O–H groups in total. The Kier molecular flexibility index (Phi) is 8.54. The molecule has 2 aromatic rings. The molecule has 5 rings (SSSR count). The van der Waals surface area contributed by atoms with Crippen LogP contribution < -0.4 is 10.4 Å². The first-order valence-electron chi connectivity index (χ1n) is 15.6. The monoisotopic (exact) mass is 543 g/mol. The maximum atomic E-state index is 13.5. The smallest absolute Gasteiger partial charge is 0.261 e. The Balaban J connectivity index is 1.50. The molecule has 39 heavy (non-hydrogen) atoms. The van der Waals surface area contributed by atoms with Crippen LogP contribution in [0, 0.1) is 5.92 Å². The summed E-state index contributed by atoms with van der Waals surface area (Å²) in [6.45, 7) is 10.1. The van der Waals surface area contributed by atoms with E-state index in [0.29, 0.717) is 11.8 Å². The maximum absolute atomic E-state index is 13.5. The molecule has 1 aliphatic carbocycles. The van der Waals surface area contributed by atoms with Gasteiger partial charge >= 0.3 is 0 Å². The number of carbonyl (C=O) groups excluding carboxylic acids is 1. The van der Waals surface area contributed by atoms with Crippen LogP contribution in [-0.2, 0) is 9.22 Å². The SMILES string of the molecule is CCCCCCC1=CC(=O)[C@@H]2CCCC[C@@]23CC[C@H](CO[Si](c2ccccc2)(c2ccccc2)C(C)(C)C)N13. The molecule has 2 heterocycles. The lowest BCUT2D eigenvalue weighted by molar-refractivity contribution is -0.127. The molecule has 3 atom stereocenters. The van der Waals surface area contributed by atoms with Crippen LogP contribution in [0.1, 0.15) is 98.3 Å². The molecule has 0 aromatic heterocycles. The molecule has 2 aliphatic heterocycles. The normalized spacial score (nSPS) is 25.3. The summed E-state index contributed by atoms with van der Waals surface area (Å²) in [6, 6.07) is 22.4. The van der Waals surface area contributed by atoms with Gasteiger partial charge in [0.2, 0.25) is 0 Å². The highest BCUT2D eigenvalue weighted by molar-refractivity contribution is 6.99. The van der Waals surface area contributed by atoms with Gasteiger partial charge < -0.3 is 9.33 Å². The zero-order valence-corrected chi connectivity index (χ0v) is 25.8. The number of hydrogen-bond acceptors (Lipinski definition) is 3. The summed E-state index contributed by atoms with van der Waals surface area (Å²) in [7, 11) is -2.60. The van der Waals surface area contributed by atoms with E-state index in [0.717, 1.165) is 38.7 Å². The Labute approximate surface area is 238 Å². The molecule has 1 saturated heterocycles. The van der Waals surface area contributed by atoms with Gasteiger partial charge in [0, 0.05) is 17.7 Å². The minimum absolute atomic E-state index is 0.0175. The van der Waals surface area contributed by atoms with Gasteiger partial charge in [0.15, 0.2) is 5.78 Å². The number of hydrogen-bond donors (Lipinski definition) is 0. The van der Waals surface area contributed by atoms with Gasteiger partial charge in [-0.25, -0.2) is 0 Å². The molecule has 2 aromatic carbocycles. The molecule has 0 bridgehead atoms. The van der Waals surface area contributed by atoms with E-state index in [1.54, 1.807) is 0 Å². The van der Waals surface area contributed by atoms with Crippen molar-refractivity contribution in [3.05, 3.63) is 72.4 Å². The molecule has 0 radical (unpaired) electrons. The number of ketones is 1. The fraction of sp³-hybridized carbons (Fsp3) is 0.571. The Morgan fingerprint density at radius 1 is 0.897 bits per heavy atom. The van der Waals surface area contributed by atoms with Crippen molar-refractivity contribution in [2.45, 2.75) is 115 Å². The van der Waals surface area contributed by atoms with Crippen molar-refractivity contribution >= 4 is 24.5 Å². The summed E-state index contributed by atoms with van der Waals surface area (Å²) in [5.74, 6) is 0.577. The molecular formula is C35H49NO2Si. The minimum Gasteiger partial charge on any atom is -0.405 e. The average Bonchev–Trinajstić information content (AvgIpc) is 3.30. The van der Waals surface area contributed by atoms with Crippen LogP contribution in [0.5, 0.6) is 0 Å². The zero-order chi connectivity index (χ0) is 27.5. The van der Waals surface area contributed by atoms with Crippen LogP contribution in [0.15, 0.2) is 72.4 Å². The average molecular weight is 544 g/mol. The zero-order valence-electron chi connectivity index (χ0n) is 24.8. The minimum atomic E-state index is -2.60. The van der Waals surface area contributed by atoms with E-state index in [1.165, 1.54) is 54.6 Å². The Bertz CT molecular complexity index is 1100. The highest BCUT2D eigenvalue weighted by Crippen LogP contribution is 2.53. The Morgan fingerprint density at radius 3 is 2.18 bits per heavy atom. The van der Waals surface area contributed by atoms with Crippen LogP contribution >= 0.6 is 0 Å². The summed E-state index contributed by atoms with van der Waals surface area (Å²) in [6.07, 6.45) is 14.9. The molecule has 3 aliphatic rings. The van der Waals surface area contributed by atoms with Crippen LogP contribution in [-0.4, -0.2) is 37.2 Å². The predicted molar refractivity (Wildman–Crippen MR) is 165 cm³/mol. The van der Waals surface area contributed by atoms with Crippen molar-refractivity contribution in [1.29, 1.82) is 0 Å². The topological polar surface area (TPSA) is 29.5 Å². The fourth-order valence-corrected chi connectivity index (χ4v) is 12.8. The number of rotatable bonds is 10. The predicted octanol–water partition coefficient (Wildman–Crippen LogP) is 7.39. The van der Waals surface area contributed by atoms with Gasteiger partial charge in [0.05, 0.1) is 18.2 Å². The van der Waals surface area contributed by atoms with E-state index in [-0.39, 0.29) is 16.5 Å². The van der Waals surface area contributed by atoms with Gasteiger partial charge in [-0.05, 0) is 53.9 Å². The van der Waals surface area contributed by atoms with Gasteiger partial charge in [-0.2, -0.15) is 0 Å². The van der Waals surface area contributed by atoms with Crippen molar-refractivity contribution in [2.24, 2.45) is 5.92 Å². The lowest BCUT2D eigenvalue weighted by atomic mass is 9.67. The largest absolute Gasteiger partial charge is 0.405 e. The van der Waals surface area contributed by atoms with E-state index in [9.17, 15) is 4.79 Å². The van der Waals surface area contributed by atoms with Gasteiger partial charge in [0.25, 0.3) is 8.32 Å². The van der Waals surface area contributed by atoms with Gasteiger partial charge in [-0.3, -0.25) is 4.79 Å². The Hall–Kier alpha value is -2.17. The number of nitrogens with zero attached hydrogens (tertiary/aromatic N) is 1. The van der Waals surface area contributed by atoms with Crippen LogP contribution in [0.4, 0.5) is 0 Å². The van der Waals surface area contributed by atoms with E-state index in [4.69, 9.17) is 4.43 Å². The van der Waals surface area contributed by atoms with E-state index in [1.807, 2.05) is 0 Å². The summed E-state index contributed by atoms with van der Waals surface area (Å²) in [5, 5.41) is 2.66. The number of carbonyl (C=O) groups is 1. The molecule has 210 valence electrons. The maximum Gasteiger partial charge on any atom is 0.261 e. The summed E-state index contributed by atoms with van der Waals surface area (Å²) < 4.78 is 7.48. The first-order chi connectivity index (χ1) is 18.8. The Morgan fingerprint density at radius 2 is 1.56 bits per heavy atom. The first kappa shape index (κ1) is 28.4. The second-order valence-electron chi connectivity index (χ2n) is 13.3. The summed E-state index contributed by atoms with van der Waals surface area (Å²) in [5.41, 5.74) is 1.33. The van der Waals surface area contributed by atoms with Crippen molar-refractivity contribution in [3.8, 4) is 0 Å². The highest BCUT2D eigenvalue weighted by Gasteiger charge is 2.57. The molecule has 2 fully saturated rings. The number of unbranched alkanes of at least 4 members (excludes halogenated alkanes) is 3. The van der Waals surface area contributed by atoms with E-state index in [2.05, 4.69) is 99.3 Å². The number of allylic oxidation sites excluding steroid dienone is 2. The van der Waals surface area contributed by atoms with Crippen LogP contribution in [0.2, 0.25) is 5.04 Å². The lowest BCUT2D eigenvalue weighted by Crippen LogP contribution is -2.67. The molecular weight excluding hydrogens is 494 g/mol. The molecule has 0 amide bonds. The third kappa shape index (κ3) is 5.20. The molecule has 0 unspecified atom stereocenters. The fourth-order valence-electron chi connectivity index (χ4n) is 8.17. The van der Waals surface area contributed by atoms with Gasteiger partial charge in [-0.15, -0.1) is 0 Å². The van der Waals surface area contributed by atoms with E-state index < -0.39 is 8.32 Å². The van der Waals surface area contributed by atoms with Crippen LogP contribution in [0.25, 0.3) is 0 Å². The van der Waals surface area contributed by atoms with Gasteiger partial charge in [-0.1, -0.05) is 120 Å². The molecule has 3 nitrogen and oxygen atoms in total. The van der Waals surface area contributed by atoms with Crippen molar-refractivity contribution in [3.63, 3.8) is 0 Å². The molecule has 4 heteroatoms. The molecule has 1 spiro atoms. The summed E-state index contributed by atoms with van der Waals surface area (Å²) in [4.78, 5) is 16.2. The third-order valence-corrected chi connectivity index (χ3v) is 14.9. The second-order valence-corrected chi connectivity index (χ2v) is 17.6. The van der Waals surface area contributed by atoms with Crippen LogP contribution in [0.3, 0.4) is 0 Å².